The van der Waals surface area contributed by atoms with E-state index < -0.39 is 0 Å². The number of aromatic nitrogens is 2. The van der Waals surface area contributed by atoms with Crippen LogP contribution in [-0.4, -0.2) is 16.5 Å². The van der Waals surface area contributed by atoms with Crippen LogP contribution in [0.4, 0.5) is 5.82 Å². The number of hydrogen-bond donors (Lipinski definition) is 1. The average Bonchev–Trinajstić information content (AvgIpc) is 2.82. The van der Waals surface area contributed by atoms with E-state index in [0.29, 0.717) is 5.88 Å². The van der Waals surface area contributed by atoms with Gasteiger partial charge in [-0.15, -0.1) is 0 Å². The van der Waals surface area contributed by atoms with Gasteiger partial charge in [-0.2, -0.15) is 0 Å². The number of benzene rings is 2. The first kappa shape index (κ1) is 22.8. The fourth-order valence-electron chi connectivity index (χ4n) is 3.61. The number of ether oxygens (including phenoxy) is 1. The van der Waals surface area contributed by atoms with Gasteiger partial charge in [0.2, 0.25) is 5.88 Å². The molecule has 0 spiro atoms. The van der Waals surface area contributed by atoms with Gasteiger partial charge in [0.1, 0.15) is 17.9 Å². The average molecular weight is 418 g/mol. The molecule has 0 bridgehead atoms. The predicted octanol–water partition coefficient (Wildman–Crippen LogP) is 7.88. The third kappa shape index (κ3) is 8.41. The van der Waals surface area contributed by atoms with E-state index in [4.69, 9.17) is 4.74 Å². The van der Waals surface area contributed by atoms with Crippen molar-refractivity contribution in [2.45, 2.75) is 64.7 Å². The van der Waals surface area contributed by atoms with Crippen molar-refractivity contribution in [3.05, 3.63) is 67.0 Å². The number of nitrogens with zero attached hydrogens (tertiary/aromatic N) is 2. The lowest BCUT2D eigenvalue weighted by Gasteiger charge is -2.09. The minimum Gasteiger partial charge on any atom is -0.439 e. The van der Waals surface area contributed by atoms with E-state index in [1.54, 1.807) is 6.33 Å². The maximum absolute atomic E-state index is 5.92. The van der Waals surface area contributed by atoms with E-state index in [2.05, 4.69) is 46.5 Å². The van der Waals surface area contributed by atoms with E-state index in [9.17, 15) is 0 Å². The molecule has 0 atom stereocenters. The molecule has 1 heterocycles. The molecule has 164 valence electrons. The third-order valence-corrected chi connectivity index (χ3v) is 5.41. The van der Waals surface area contributed by atoms with Gasteiger partial charge in [0, 0.05) is 12.6 Å². The summed E-state index contributed by atoms with van der Waals surface area (Å²) in [4.78, 5) is 8.55. The normalized spacial score (nSPS) is 10.7. The molecule has 3 rings (SSSR count). The third-order valence-electron chi connectivity index (χ3n) is 5.41. The Labute approximate surface area is 187 Å². The van der Waals surface area contributed by atoms with Gasteiger partial charge in [-0.25, -0.2) is 9.97 Å². The Bertz CT molecular complexity index is 865. The van der Waals surface area contributed by atoms with Crippen molar-refractivity contribution < 1.29 is 4.74 Å². The smallest absolute Gasteiger partial charge is 0.224 e. The van der Waals surface area contributed by atoms with Gasteiger partial charge in [0.15, 0.2) is 0 Å². The Morgan fingerprint density at radius 3 is 2.06 bits per heavy atom. The number of unbranched alkanes of at least 4 members (excludes halogenated alkanes) is 8. The summed E-state index contributed by atoms with van der Waals surface area (Å²) >= 11 is 0. The summed E-state index contributed by atoms with van der Waals surface area (Å²) in [6, 6.07) is 20.3. The van der Waals surface area contributed by atoms with Crippen molar-refractivity contribution in [3.63, 3.8) is 0 Å². The minimum absolute atomic E-state index is 0.553. The van der Waals surface area contributed by atoms with E-state index in [0.717, 1.165) is 24.5 Å². The second-order valence-corrected chi connectivity index (χ2v) is 7.99. The summed E-state index contributed by atoms with van der Waals surface area (Å²) in [5.41, 5.74) is 2.36. The molecule has 1 aromatic heterocycles. The van der Waals surface area contributed by atoms with E-state index >= 15 is 0 Å². The standard InChI is InChI=1S/C27H35N3O/c1-2-3-4-5-6-7-8-9-13-20-28-26-21-27(30-22-29-26)31-25-18-16-24(17-19-25)23-14-11-10-12-15-23/h10-12,14-19,21-22H,2-9,13,20H2,1H3,(H,28,29,30). The van der Waals surface area contributed by atoms with Crippen LogP contribution < -0.4 is 10.1 Å². The highest BCUT2D eigenvalue weighted by Gasteiger charge is 2.03. The van der Waals surface area contributed by atoms with Crippen LogP contribution in [0.2, 0.25) is 0 Å². The van der Waals surface area contributed by atoms with E-state index in [1.165, 1.54) is 62.5 Å². The van der Waals surface area contributed by atoms with Gasteiger partial charge in [0.25, 0.3) is 0 Å². The lowest BCUT2D eigenvalue weighted by atomic mass is 10.1. The molecule has 1 N–H and O–H groups in total. The number of nitrogens with one attached hydrogen (secondary N) is 1. The van der Waals surface area contributed by atoms with Gasteiger partial charge in [-0.1, -0.05) is 101 Å². The molecule has 0 amide bonds. The maximum atomic E-state index is 5.92. The molecule has 0 aliphatic heterocycles. The number of rotatable bonds is 14. The zero-order valence-electron chi connectivity index (χ0n) is 18.7. The van der Waals surface area contributed by atoms with Crippen LogP contribution in [-0.2, 0) is 0 Å². The van der Waals surface area contributed by atoms with E-state index in [-0.39, 0.29) is 0 Å². The molecule has 0 saturated heterocycles. The van der Waals surface area contributed by atoms with Crippen molar-refractivity contribution in [1.29, 1.82) is 0 Å². The van der Waals surface area contributed by atoms with Crippen LogP contribution in [0.1, 0.15) is 64.7 Å². The monoisotopic (exact) mass is 417 g/mol. The molecule has 3 aromatic rings. The zero-order chi connectivity index (χ0) is 21.6. The van der Waals surface area contributed by atoms with Crippen LogP contribution in [0.25, 0.3) is 11.1 Å². The molecule has 31 heavy (non-hydrogen) atoms. The van der Waals surface area contributed by atoms with Crippen LogP contribution in [0, 0.1) is 0 Å². The van der Waals surface area contributed by atoms with Crippen molar-refractivity contribution in [1.82, 2.24) is 9.97 Å². The molecule has 0 unspecified atom stereocenters. The Balaban J connectivity index is 1.37. The highest BCUT2D eigenvalue weighted by molar-refractivity contribution is 5.64. The second-order valence-electron chi connectivity index (χ2n) is 7.99. The summed E-state index contributed by atoms with van der Waals surface area (Å²) in [7, 11) is 0. The molecular formula is C27H35N3O. The second kappa shape index (κ2) is 13.4. The number of anilines is 1. The molecule has 0 saturated carbocycles. The lowest BCUT2D eigenvalue weighted by molar-refractivity contribution is 0.462. The first-order valence-electron chi connectivity index (χ1n) is 11.7. The quantitative estimate of drug-likeness (QED) is 0.271. The fraction of sp³-hybridized carbons (Fsp3) is 0.407. The fourth-order valence-corrected chi connectivity index (χ4v) is 3.61. The van der Waals surface area contributed by atoms with E-state index in [1.807, 2.05) is 36.4 Å². The zero-order valence-corrected chi connectivity index (χ0v) is 18.7. The molecular weight excluding hydrogens is 382 g/mol. The Hall–Kier alpha value is -2.88. The summed E-state index contributed by atoms with van der Waals surface area (Å²) in [6.45, 7) is 3.20. The van der Waals surface area contributed by atoms with Gasteiger partial charge in [-0.3, -0.25) is 0 Å². The molecule has 0 aliphatic rings. The first-order valence-corrected chi connectivity index (χ1v) is 11.7. The lowest BCUT2D eigenvalue weighted by Crippen LogP contribution is -2.04. The van der Waals surface area contributed by atoms with Gasteiger partial charge in [0.05, 0.1) is 0 Å². The van der Waals surface area contributed by atoms with Crippen LogP contribution in [0.5, 0.6) is 11.6 Å². The molecule has 0 fully saturated rings. The summed E-state index contributed by atoms with van der Waals surface area (Å²) in [5.74, 6) is 2.13. The SMILES string of the molecule is CCCCCCCCCCCNc1cc(Oc2ccc(-c3ccccc3)cc2)ncn1. The van der Waals surface area contributed by atoms with Gasteiger partial charge < -0.3 is 10.1 Å². The van der Waals surface area contributed by atoms with Crippen molar-refractivity contribution in [2.75, 3.05) is 11.9 Å². The topological polar surface area (TPSA) is 47.0 Å². The predicted molar refractivity (Wildman–Crippen MR) is 130 cm³/mol. The highest BCUT2D eigenvalue weighted by atomic mass is 16.5. The molecule has 2 aromatic carbocycles. The largest absolute Gasteiger partial charge is 0.439 e. The Morgan fingerprint density at radius 1 is 0.710 bits per heavy atom. The Morgan fingerprint density at radius 2 is 1.35 bits per heavy atom. The summed E-state index contributed by atoms with van der Waals surface area (Å²) in [6.07, 6.45) is 13.5. The summed E-state index contributed by atoms with van der Waals surface area (Å²) in [5, 5.41) is 3.39. The van der Waals surface area contributed by atoms with Gasteiger partial charge in [-0.05, 0) is 29.7 Å². The van der Waals surface area contributed by atoms with Crippen molar-refractivity contribution in [3.8, 4) is 22.8 Å². The molecule has 4 nitrogen and oxygen atoms in total. The highest BCUT2D eigenvalue weighted by Crippen LogP contribution is 2.25. The Kier molecular flexibility index (Phi) is 9.88. The molecule has 4 heteroatoms. The van der Waals surface area contributed by atoms with Crippen LogP contribution >= 0.6 is 0 Å². The van der Waals surface area contributed by atoms with Gasteiger partial charge >= 0.3 is 0 Å². The van der Waals surface area contributed by atoms with Crippen molar-refractivity contribution in [2.24, 2.45) is 0 Å². The number of hydrogen-bond acceptors (Lipinski definition) is 4. The van der Waals surface area contributed by atoms with Crippen LogP contribution in [0.3, 0.4) is 0 Å². The molecule has 0 aliphatic carbocycles. The maximum Gasteiger partial charge on any atom is 0.224 e. The minimum atomic E-state index is 0.553. The molecule has 0 radical (unpaired) electrons. The summed E-state index contributed by atoms with van der Waals surface area (Å²) < 4.78 is 5.92. The first-order chi connectivity index (χ1) is 15.3. The van der Waals surface area contributed by atoms with Crippen molar-refractivity contribution >= 4 is 5.82 Å². The van der Waals surface area contributed by atoms with Crippen LogP contribution in [0.15, 0.2) is 67.0 Å².